The fraction of sp³-hybridized carbons (Fsp3) is 0.222. The summed E-state index contributed by atoms with van der Waals surface area (Å²) in [5, 5.41) is 19.7. The van der Waals surface area contributed by atoms with Crippen molar-refractivity contribution in [2.75, 3.05) is 21.9 Å². The minimum Gasteiger partial charge on any atom is -0.508 e. The largest absolute Gasteiger partial charge is 0.508 e. The van der Waals surface area contributed by atoms with E-state index in [0.717, 1.165) is 5.56 Å². The normalized spacial score (nSPS) is 15.9. The van der Waals surface area contributed by atoms with Crippen LogP contribution < -0.4 is 9.62 Å². The van der Waals surface area contributed by atoms with Gasteiger partial charge in [-0.1, -0.05) is 12.1 Å². The van der Waals surface area contributed by atoms with E-state index in [2.05, 4.69) is 15.5 Å². The molecule has 1 aliphatic rings. The summed E-state index contributed by atoms with van der Waals surface area (Å²) in [4.78, 5) is 12.3. The van der Waals surface area contributed by atoms with E-state index in [9.17, 15) is 18.3 Å². The molecule has 2 heterocycles. The molecule has 1 fully saturated rings. The van der Waals surface area contributed by atoms with Crippen LogP contribution in [0.4, 0.5) is 11.5 Å². The molecule has 0 spiro atoms. The van der Waals surface area contributed by atoms with Crippen LogP contribution in [0, 0.1) is 0 Å². The molecule has 27 heavy (non-hydrogen) atoms. The number of H-pyrrole nitrogens is 1. The van der Waals surface area contributed by atoms with Crippen molar-refractivity contribution >= 4 is 38.3 Å². The SMILES string of the molecule is O=C(Cc1ccc(O)cc1)Nc1n[nH]c2ccc(N3CCCS3(=O)=O)cc12. The number of phenolic OH excluding ortho intramolecular Hbond substituents is 1. The predicted molar refractivity (Wildman–Crippen MR) is 102 cm³/mol. The van der Waals surface area contributed by atoms with Gasteiger partial charge in [-0.25, -0.2) is 8.42 Å². The van der Waals surface area contributed by atoms with Crippen molar-refractivity contribution < 1.29 is 18.3 Å². The second-order valence-corrected chi connectivity index (χ2v) is 8.45. The molecule has 4 rings (SSSR count). The van der Waals surface area contributed by atoms with E-state index in [1.807, 2.05) is 0 Å². The number of aromatic nitrogens is 2. The minimum absolute atomic E-state index is 0.134. The average Bonchev–Trinajstić information content (AvgIpc) is 3.19. The second kappa shape index (κ2) is 6.58. The number of phenols is 1. The zero-order valence-electron chi connectivity index (χ0n) is 14.3. The summed E-state index contributed by atoms with van der Waals surface area (Å²) in [6.45, 7) is 0.453. The summed E-state index contributed by atoms with van der Waals surface area (Å²) in [6.07, 6.45) is 0.733. The highest BCUT2D eigenvalue weighted by Crippen LogP contribution is 2.30. The van der Waals surface area contributed by atoms with Crippen LogP contribution in [0.25, 0.3) is 10.9 Å². The molecule has 0 bridgehead atoms. The molecule has 140 valence electrons. The molecule has 1 saturated heterocycles. The quantitative estimate of drug-likeness (QED) is 0.634. The lowest BCUT2D eigenvalue weighted by Gasteiger charge is -2.16. The maximum atomic E-state index is 12.3. The van der Waals surface area contributed by atoms with Crippen LogP contribution in [0.15, 0.2) is 42.5 Å². The molecule has 0 unspecified atom stereocenters. The van der Waals surface area contributed by atoms with Gasteiger partial charge >= 0.3 is 0 Å². The predicted octanol–water partition coefficient (Wildman–Crippen LogP) is 1.99. The summed E-state index contributed by atoms with van der Waals surface area (Å²) < 4.78 is 25.7. The van der Waals surface area contributed by atoms with E-state index >= 15 is 0 Å². The van der Waals surface area contributed by atoms with Crippen molar-refractivity contribution in [3.8, 4) is 5.75 Å². The highest BCUT2D eigenvalue weighted by Gasteiger charge is 2.28. The molecule has 8 nitrogen and oxygen atoms in total. The number of sulfonamides is 1. The molecule has 3 aromatic rings. The highest BCUT2D eigenvalue weighted by molar-refractivity contribution is 7.93. The van der Waals surface area contributed by atoms with Gasteiger partial charge in [-0.05, 0) is 42.3 Å². The lowest BCUT2D eigenvalue weighted by molar-refractivity contribution is -0.115. The molecule has 0 atom stereocenters. The molecule has 2 aromatic carbocycles. The Morgan fingerprint density at radius 3 is 2.70 bits per heavy atom. The number of hydrogen-bond acceptors (Lipinski definition) is 5. The second-order valence-electron chi connectivity index (χ2n) is 6.44. The van der Waals surface area contributed by atoms with E-state index in [1.54, 1.807) is 30.3 Å². The summed E-state index contributed by atoms with van der Waals surface area (Å²) in [5.41, 5.74) is 2.03. The summed E-state index contributed by atoms with van der Waals surface area (Å²) >= 11 is 0. The third-order valence-corrected chi connectivity index (χ3v) is 6.36. The van der Waals surface area contributed by atoms with Gasteiger partial charge in [-0.2, -0.15) is 5.10 Å². The van der Waals surface area contributed by atoms with Crippen molar-refractivity contribution in [1.29, 1.82) is 0 Å². The Hall–Kier alpha value is -3.07. The molecule has 1 amide bonds. The maximum Gasteiger partial charge on any atom is 0.235 e. The van der Waals surface area contributed by atoms with Gasteiger partial charge in [-0.15, -0.1) is 0 Å². The smallest absolute Gasteiger partial charge is 0.235 e. The van der Waals surface area contributed by atoms with Gasteiger partial charge in [-0.3, -0.25) is 14.2 Å². The van der Waals surface area contributed by atoms with Crippen LogP contribution >= 0.6 is 0 Å². The number of amides is 1. The number of anilines is 2. The van der Waals surface area contributed by atoms with Crippen molar-refractivity contribution in [3.63, 3.8) is 0 Å². The number of aromatic hydroxyl groups is 1. The van der Waals surface area contributed by atoms with Gasteiger partial charge in [0.15, 0.2) is 5.82 Å². The van der Waals surface area contributed by atoms with Crippen molar-refractivity contribution in [2.45, 2.75) is 12.8 Å². The summed E-state index contributed by atoms with van der Waals surface area (Å²) in [7, 11) is -3.28. The maximum absolute atomic E-state index is 12.3. The highest BCUT2D eigenvalue weighted by atomic mass is 32.2. The monoisotopic (exact) mass is 386 g/mol. The standard InChI is InChI=1S/C18H18N4O4S/c23-14-5-2-12(3-6-14)10-17(24)19-18-15-11-13(4-7-16(15)20-21-18)22-8-1-9-27(22,25)26/h2-7,11,23H,1,8-10H2,(H2,19,20,21,24). The van der Waals surface area contributed by atoms with Crippen LogP contribution in [0.1, 0.15) is 12.0 Å². The Labute approximate surface area is 155 Å². The molecule has 0 aliphatic carbocycles. The Morgan fingerprint density at radius 2 is 2.00 bits per heavy atom. The van der Waals surface area contributed by atoms with E-state index in [-0.39, 0.29) is 23.8 Å². The molecular formula is C18H18N4O4S. The number of rotatable bonds is 4. The zero-order valence-corrected chi connectivity index (χ0v) is 15.2. The Kier molecular flexibility index (Phi) is 4.23. The Bertz CT molecular complexity index is 1110. The van der Waals surface area contributed by atoms with Crippen molar-refractivity contribution in [1.82, 2.24) is 10.2 Å². The van der Waals surface area contributed by atoms with Gasteiger partial charge in [0.25, 0.3) is 0 Å². The zero-order chi connectivity index (χ0) is 19.0. The Morgan fingerprint density at radius 1 is 1.22 bits per heavy atom. The fourth-order valence-corrected chi connectivity index (χ4v) is 4.71. The van der Waals surface area contributed by atoms with Crippen LogP contribution in [0.2, 0.25) is 0 Å². The van der Waals surface area contributed by atoms with E-state index < -0.39 is 10.0 Å². The van der Waals surface area contributed by atoms with E-state index in [4.69, 9.17) is 0 Å². The van der Waals surface area contributed by atoms with Gasteiger partial charge in [0.2, 0.25) is 15.9 Å². The third kappa shape index (κ3) is 3.45. The molecule has 0 saturated carbocycles. The van der Waals surface area contributed by atoms with Gasteiger partial charge in [0, 0.05) is 11.9 Å². The van der Waals surface area contributed by atoms with Crippen LogP contribution in [0.5, 0.6) is 5.75 Å². The average molecular weight is 386 g/mol. The van der Waals surface area contributed by atoms with Crippen molar-refractivity contribution in [3.05, 3.63) is 48.0 Å². The molecule has 3 N–H and O–H groups in total. The molecule has 1 aromatic heterocycles. The van der Waals surface area contributed by atoms with Crippen LogP contribution in [-0.4, -0.2) is 41.9 Å². The Balaban J connectivity index is 1.57. The molecule has 0 radical (unpaired) electrons. The van der Waals surface area contributed by atoms with Crippen molar-refractivity contribution in [2.24, 2.45) is 0 Å². The van der Waals surface area contributed by atoms with Gasteiger partial charge in [0.05, 0.1) is 23.4 Å². The number of nitrogens with one attached hydrogen (secondary N) is 2. The van der Waals surface area contributed by atoms with Gasteiger partial charge < -0.3 is 10.4 Å². The minimum atomic E-state index is -3.28. The number of hydrogen-bond donors (Lipinski definition) is 3. The summed E-state index contributed by atoms with van der Waals surface area (Å²) in [5.74, 6) is 0.384. The number of benzene rings is 2. The lowest BCUT2D eigenvalue weighted by Crippen LogP contribution is -2.24. The first-order valence-corrected chi connectivity index (χ1v) is 10.1. The van der Waals surface area contributed by atoms with Gasteiger partial charge in [0.1, 0.15) is 5.75 Å². The molecule has 1 aliphatic heterocycles. The molecular weight excluding hydrogens is 368 g/mol. The first kappa shape index (κ1) is 17.3. The number of nitrogens with zero attached hydrogens (tertiary/aromatic N) is 2. The van der Waals surface area contributed by atoms with E-state index in [1.165, 1.54) is 16.4 Å². The van der Waals surface area contributed by atoms with Crippen LogP contribution in [-0.2, 0) is 21.2 Å². The third-order valence-electron chi connectivity index (χ3n) is 4.49. The number of carbonyl (C=O) groups excluding carboxylic acids is 1. The topological polar surface area (TPSA) is 115 Å². The number of fused-ring (bicyclic) bond motifs is 1. The summed E-state index contributed by atoms with van der Waals surface area (Å²) in [6, 6.07) is 11.6. The lowest BCUT2D eigenvalue weighted by atomic mass is 10.1. The number of aromatic amines is 1. The first-order chi connectivity index (χ1) is 12.9. The molecule has 9 heteroatoms. The van der Waals surface area contributed by atoms with Crippen LogP contribution in [0.3, 0.4) is 0 Å². The van der Waals surface area contributed by atoms with E-state index in [0.29, 0.717) is 35.4 Å². The first-order valence-electron chi connectivity index (χ1n) is 8.49. The number of carbonyl (C=O) groups is 1. The fourth-order valence-electron chi connectivity index (χ4n) is 3.16.